The molecule has 1 aromatic heterocycles. The van der Waals surface area contributed by atoms with E-state index in [2.05, 4.69) is 21.7 Å². The molecule has 1 aromatic carbocycles. The second-order valence-corrected chi connectivity index (χ2v) is 6.17. The van der Waals surface area contributed by atoms with Gasteiger partial charge in [-0.05, 0) is 24.6 Å². The van der Waals surface area contributed by atoms with Crippen LogP contribution in [0, 0.1) is 18.8 Å². The molecule has 0 bridgehead atoms. The van der Waals surface area contributed by atoms with E-state index in [0.717, 1.165) is 11.1 Å². The average molecular weight is 304 g/mol. The summed E-state index contributed by atoms with van der Waals surface area (Å²) < 4.78 is 28.4. The molecule has 0 saturated carbocycles. The van der Waals surface area contributed by atoms with Crippen molar-refractivity contribution < 1.29 is 8.42 Å². The van der Waals surface area contributed by atoms with Crippen LogP contribution in [0.25, 0.3) is 0 Å². The Balaban J connectivity index is 2.31. The van der Waals surface area contributed by atoms with Crippen LogP contribution in [0.2, 0.25) is 0 Å². The van der Waals surface area contributed by atoms with E-state index in [4.69, 9.17) is 5.73 Å². The average Bonchev–Trinajstić information content (AvgIpc) is 2.86. The maximum absolute atomic E-state index is 12.2. The molecule has 0 radical (unpaired) electrons. The summed E-state index contributed by atoms with van der Waals surface area (Å²) in [7, 11) is -1.99. The van der Waals surface area contributed by atoms with Gasteiger partial charge in [-0.3, -0.25) is 9.40 Å². The van der Waals surface area contributed by atoms with Crippen LogP contribution in [0.4, 0.5) is 5.69 Å². The first-order valence-corrected chi connectivity index (χ1v) is 7.72. The molecule has 6 nitrogen and oxygen atoms in total. The third kappa shape index (κ3) is 3.62. The van der Waals surface area contributed by atoms with Crippen molar-refractivity contribution in [2.45, 2.75) is 11.8 Å². The Morgan fingerprint density at radius 2 is 2.19 bits per heavy atom. The van der Waals surface area contributed by atoms with Crippen LogP contribution in [0.3, 0.4) is 0 Å². The van der Waals surface area contributed by atoms with E-state index in [1.807, 2.05) is 13.0 Å². The highest BCUT2D eigenvalue weighted by Gasteiger charge is 2.16. The Morgan fingerprint density at radius 3 is 2.81 bits per heavy atom. The lowest BCUT2D eigenvalue weighted by Gasteiger charge is -2.08. The minimum Gasteiger partial charge on any atom is -0.320 e. The number of anilines is 1. The molecule has 0 aliphatic heterocycles. The van der Waals surface area contributed by atoms with Gasteiger partial charge in [0.05, 0.1) is 18.4 Å². The quantitative estimate of drug-likeness (QED) is 0.822. The van der Waals surface area contributed by atoms with Crippen LogP contribution >= 0.6 is 0 Å². The zero-order valence-corrected chi connectivity index (χ0v) is 12.6. The number of nitrogens with zero attached hydrogens (tertiary/aromatic N) is 2. The predicted octanol–water partition coefficient (Wildman–Crippen LogP) is 0.840. The van der Waals surface area contributed by atoms with E-state index >= 15 is 0 Å². The number of nitrogens with one attached hydrogen (secondary N) is 1. The molecule has 0 aliphatic carbocycles. The van der Waals surface area contributed by atoms with E-state index in [-0.39, 0.29) is 11.4 Å². The minimum atomic E-state index is -3.65. The van der Waals surface area contributed by atoms with Gasteiger partial charge in [0, 0.05) is 18.8 Å². The van der Waals surface area contributed by atoms with Gasteiger partial charge in [0.1, 0.15) is 4.90 Å². The number of benzene rings is 1. The van der Waals surface area contributed by atoms with E-state index in [1.165, 1.54) is 17.1 Å². The summed E-state index contributed by atoms with van der Waals surface area (Å²) in [6.07, 6.45) is 2.73. The molecule has 0 saturated heterocycles. The van der Waals surface area contributed by atoms with Gasteiger partial charge in [0.2, 0.25) is 0 Å². The SMILES string of the molecule is Cc1ccc(NS(=O)(=O)c2cnn(C)c2)cc1C#CCN. The highest BCUT2D eigenvalue weighted by Crippen LogP contribution is 2.18. The fraction of sp³-hybridized carbons (Fsp3) is 0.214. The molecule has 0 amide bonds. The van der Waals surface area contributed by atoms with Crippen LogP contribution in [-0.4, -0.2) is 24.7 Å². The van der Waals surface area contributed by atoms with Crippen molar-refractivity contribution in [3.05, 3.63) is 41.7 Å². The van der Waals surface area contributed by atoms with Crippen LogP contribution in [0.1, 0.15) is 11.1 Å². The second-order valence-electron chi connectivity index (χ2n) is 4.49. The van der Waals surface area contributed by atoms with E-state index < -0.39 is 10.0 Å². The largest absolute Gasteiger partial charge is 0.320 e. The number of aryl methyl sites for hydroxylation is 2. The summed E-state index contributed by atoms with van der Waals surface area (Å²) in [6, 6.07) is 5.18. The molecular formula is C14H16N4O2S. The number of nitrogens with two attached hydrogens (primary N) is 1. The normalized spacial score (nSPS) is 10.8. The Morgan fingerprint density at radius 1 is 1.43 bits per heavy atom. The monoisotopic (exact) mass is 304 g/mol. The highest BCUT2D eigenvalue weighted by molar-refractivity contribution is 7.92. The maximum Gasteiger partial charge on any atom is 0.265 e. The third-order valence-electron chi connectivity index (χ3n) is 2.81. The zero-order chi connectivity index (χ0) is 15.5. The first kappa shape index (κ1) is 15.1. The van der Waals surface area contributed by atoms with E-state index in [0.29, 0.717) is 5.69 Å². The number of hydrogen-bond donors (Lipinski definition) is 2. The lowest BCUT2D eigenvalue weighted by atomic mass is 10.1. The summed E-state index contributed by atoms with van der Waals surface area (Å²) >= 11 is 0. The summed E-state index contributed by atoms with van der Waals surface area (Å²) in [6.45, 7) is 2.16. The fourth-order valence-corrected chi connectivity index (χ4v) is 2.75. The summed E-state index contributed by atoms with van der Waals surface area (Å²) in [5.74, 6) is 5.67. The zero-order valence-electron chi connectivity index (χ0n) is 11.8. The van der Waals surface area contributed by atoms with Crippen LogP contribution in [0.15, 0.2) is 35.5 Å². The molecule has 0 spiro atoms. The molecule has 0 atom stereocenters. The molecule has 7 heteroatoms. The number of sulfonamides is 1. The van der Waals surface area contributed by atoms with Crippen LogP contribution in [-0.2, 0) is 17.1 Å². The van der Waals surface area contributed by atoms with Gasteiger partial charge in [-0.1, -0.05) is 17.9 Å². The Bertz CT molecular complexity index is 813. The number of rotatable bonds is 3. The van der Waals surface area contributed by atoms with Gasteiger partial charge >= 0.3 is 0 Å². The van der Waals surface area contributed by atoms with Crippen molar-refractivity contribution >= 4 is 15.7 Å². The first-order chi connectivity index (χ1) is 9.92. The van der Waals surface area contributed by atoms with Crippen molar-refractivity contribution in [2.75, 3.05) is 11.3 Å². The lowest BCUT2D eigenvalue weighted by Crippen LogP contribution is -2.12. The summed E-state index contributed by atoms with van der Waals surface area (Å²) in [5.41, 5.74) is 7.50. The lowest BCUT2D eigenvalue weighted by molar-refractivity contribution is 0.601. The molecule has 21 heavy (non-hydrogen) atoms. The van der Waals surface area contributed by atoms with Gasteiger partial charge in [0.25, 0.3) is 10.0 Å². The second kappa shape index (κ2) is 5.99. The molecule has 0 unspecified atom stereocenters. The van der Waals surface area contributed by atoms with Crippen molar-refractivity contribution in [2.24, 2.45) is 12.8 Å². The van der Waals surface area contributed by atoms with Gasteiger partial charge in [0.15, 0.2) is 0 Å². The van der Waals surface area contributed by atoms with Gasteiger partial charge in [-0.25, -0.2) is 8.42 Å². The van der Waals surface area contributed by atoms with Crippen molar-refractivity contribution in [3.8, 4) is 11.8 Å². The van der Waals surface area contributed by atoms with Crippen molar-refractivity contribution in [3.63, 3.8) is 0 Å². The first-order valence-electron chi connectivity index (χ1n) is 6.23. The summed E-state index contributed by atoms with van der Waals surface area (Å²) in [5, 5.41) is 3.86. The molecule has 3 N–H and O–H groups in total. The number of hydrogen-bond acceptors (Lipinski definition) is 4. The van der Waals surface area contributed by atoms with Gasteiger partial charge in [-0.2, -0.15) is 5.10 Å². The third-order valence-corrected chi connectivity index (χ3v) is 4.14. The molecule has 2 rings (SSSR count). The van der Waals surface area contributed by atoms with E-state index in [1.54, 1.807) is 19.2 Å². The number of aromatic nitrogens is 2. The standard InChI is InChI=1S/C14H16N4O2S/c1-11-5-6-13(8-12(11)4-3-7-15)17-21(19,20)14-9-16-18(2)10-14/h5-6,8-10,17H,7,15H2,1-2H3. The summed E-state index contributed by atoms with van der Waals surface area (Å²) in [4.78, 5) is 0.111. The Kier molecular flexibility index (Phi) is 4.31. The maximum atomic E-state index is 12.2. The molecular weight excluding hydrogens is 288 g/mol. The molecule has 1 heterocycles. The van der Waals surface area contributed by atoms with Gasteiger partial charge < -0.3 is 5.73 Å². The Labute approximate surface area is 124 Å². The minimum absolute atomic E-state index is 0.111. The Hall–Kier alpha value is -2.30. The van der Waals surface area contributed by atoms with Crippen LogP contribution in [0.5, 0.6) is 0 Å². The topological polar surface area (TPSA) is 90.0 Å². The fourth-order valence-electron chi connectivity index (χ4n) is 1.72. The smallest absolute Gasteiger partial charge is 0.265 e. The van der Waals surface area contributed by atoms with Crippen molar-refractivity contribution in [1.29, 1.82) is 0 Å². The van der Waals surface area contributed by atoms with Gasteiger partial charge in [-0.15, -0.1) is 0 Å². The van der Waals surface area contributed by atoms with Crippen molar-refractivity contribution in [1.82, 2.24) is 9.78 Å². The molecule has 0 fully saturated rings. The van der Waals surface area contributed by atoms with Crippen LogP contribution < -0.4 is 10.5 Å². The predicted molar refractivity (Wildman–Crippen MR) is 81.1 cm³/mol. The molecule has 110 valence electrons. The molecule has 2 aromatic rings. The molecule has 0 aliphatic rings. The highest BCUT2D eigenvalue weighted by atomic mass is 32.2. The van der Waals surface area contributed by atoms with E-state index in [9.17, 15) is 8.42 Å².